The van der Waals surface area contributed by atoms with Crippen molar-refractivity contribution in [3.05, 3.63) is 84.0 Å². The Balaban J connectivity index is 1.15. The number of methoxy groups -OCH3 is 3. The summed E-state index contributed by atoms with van der Waals surface area (Å²) in [4.78, 5) is 45.9. The van der Waals surface area contributed by atoms with E-state index in [9.17, 15) is 14.7 Å². The standard InChI is InChI=1S/C63H93NO13Si/c1-39-30-40(2)32-52(70-12)58-53(71-13)34-42(4)57(73-58)55(66)59(67)64-29-21-20-26-49(64)60(68)74-56(43(5)54-37-63(77-62(9,10)75-54)45(31-39)36-46(65)38-72-63)41(3)33-44-27-28-50(51(35-44)69-11)76-78(61(6,7)8,47-22-16-14-17-23-47)48-24-18-15-19-25-48/h14-19,22-25,31,33,40,42-46,49-54,56-58,65H,20-21,26-30,32,34-38H2,1-13H3/b39-31-,41-33+/t40-,42-,43-,44+,45+,46-,49+,50-,51-,52+,53+,54+,56-,57-,58-,63-/m1/s1. The molecule has 14 nitrogen and oxygen atoms in total. The van der Waals surface area contributed by atoms with Gasteiger partial charge in [-0.05, 0) is 131 Å². The number of fused-ring (bicyclic) bond motifs is 4. The fourth-order valence-electron chi connectivity index (χ4n) is 14.3. The summed E-state index contributed by atoms with van der Waals surface area (Å²) in [6, 6.07) is 20.4. The Kier molecular flexibility index (Phi) is 19.6. The Bertz CT molecular complexity index is 2370. The lowest BCUT2D eigenvalue weighted by Gasteiger charge is -2.54. The summed E-state index contributed by atoms with van der Waals surface area (Å²) >= 11 is 0. The average Bonchev–Trinajstić information content (AvgIpc) is 3.50. The molecule has 6 aliphatic rings. The van der Waals surface area contributed by atoms with E-state index in [4.69, 9.17) is 42.3 Å². The number of cyclic esters (lactones) is 1. The van der Waals surface area contributed by atoms with Gasteiger partial charge in [-0.25, -0.2) is 4.79 Å². The number of ether oxygens (including phenoxy) is 8. The van der Waals surface area contributed by atoms with Gasteiger partial charge in [0.15, 0.2) is 11.6 Å². The average molecular weight is 1100 g/mol. The highest BCUT2D eigenvalue weighted by atomic mass is 28.4. The van der Waals surface area contributed by atoms with E-state index in [0.717, 1.165) is 24.0 Å². The number of carbonyl (C=O) groups is 3. The SMILES string of the molecule is CO[C@H]1C[C@H](C)C/C(C)=C\[C@H]2C[C@@H](O)CO[C@@]23C[C@H](OC(C)(C)O3)[C@@H](C)[C@@H](/C(C)=C/[C@@H]2CC[C@@H](O[Si](c3ccccc3)(c3ccccc3)C(C)(C)C)[C@H](OC)C2)OC(=O)[C@@H]2CCCCN2C(=O)C(=O)[C@@H]2O[C@H]1[C@@H](OC)C[C@H]2C. The van der Waals surface area contributed by atoms with Crippen molar-refractivity contribution < 1.29 is 61.8 Å². The molecular weight excluding hydrogens is 1010 g/mol. The van der Waals surface area contributed by atoms with Crippen LogP contribution in [0.5, 0.6) is 0 Å². The van der Waals surface area contributed by atoms with Gasteiger partial charge in [-0.1, -0.05) is 120 Å². The van der Waals surface area contributed by atoms with E-state index in [0.29, 0.717) is 57.8 Å². The number of benzene rings is 2. The molecule has 78 heavy (non-hydrogen) atoms. The lowest BCUT2D eigenvalue weighted by molar-refractivity contribution is -0.428. The zero-order chi connectivity index (χ0) is 56.3. The van der Waals surface area contributed by atoms with Crippen molar-refractivity contribution in [2.45, 2.75) is 217 Å². The predicted molar refractivity (Wildman–Crippen MR) is 301 cm³/mol. The Morgan fingerprint density at radius 2 is 1.46 bits per heavy atom. The van der Waals surface area contributed by atoms with Gasteiger partial charge in [-0.2, -0.15) is 0 Å². The van der Waals surface area contributed by atoms with Crippen LogP contribution in [-0.2, 0) is 56.7 Å². The van der Waals surface area contributed by atoms with Gasteiger partial charge in [0.1, 0.15) is 24.4 Å². The Morgan fingerprint density at radius 1 is 0.821 bits per heavy atom. The van der Waals surface area contributed by atoms with Gasteiger partial charge >= 0.3 is 5.97 Å². The van der Waals surface area contributed by atoms with Crippen LogP contribution in [-0.4, -0.2) is 143 Å². The molecule has 1 N–H and O–H groups in total. The van der Waals surface area contributed by atoms with Crippen LogP contribution in [0.2, 0.25) is 5.04 Å². The maximum Gasteiger partial charge on any atom is 0.329 e. The molecule has 15 heteroatoms. The van der Waals surface area contributed by atoms with Crippen molar-refractivity contribution in [1.29, 1.82) is 0 Å². The third kappa shape index (κ3) is 13.0. The molecule has 1 saturated carbocycles. The predicted octanol–water partition coefficient (Wildman–Crippen LogP) is 9.03. The highest BCUT2D eigenvalue weighted by molar-refractivity contribution is 6.99. The monoisotopic (exact) mass is 1100 g/mol. The second kappa shape index (κ2) is 25.3. The largest absolute Gasteiger partial charge is 0.456 e. The van der Waals surface area contributed by atoms with E-state index >= 15 is 4.79 Å². The van der Waals surface area contributed by atoms with Crippen molar-refractivity contribution in [2.24, 2.45) is 29.6 Å². The molecular formula is C63H93NO13Si. The summed E-state index contributed by atoms with van der Waals surface area (Å²) in [7, 11) is 2.15. The van der Waals surface area contributed by atoms with E-state index in [-0.39, 0.29) is 60.2 Å². The highest BCUT2D eigenvalue weighted by Crippen LogP contribution is 2.48. The van der Waals surface area contributed by atoms with Crippen molar-refractivity contribution >= 4 is 36.4 Å². The molecule has 16 atom stereocenters. The molecule has 0 unspecified atom stereocenters. The van der Waals surface area contributed by atoms with Gasteiger partial charge in [0.05, 0.1) is 43.2 Å². The summed E-state index contributed by atoms with van der Waals surface area (Å²) in [5.74, 6) is -5.24. The topological polar surface area (TPSA) is 158 Å². The van der Waals surface area contributed by atoms with Crippen LogP contribution in [0, 0.1) is 29.6 Å². The van der Waals surface area contributed by atoms with Crippen LogP contribution in [0.25, 0.3) is 0 Å². The molecule has 0 radical (unpaired) electrons. The normalized spacial score (nSPS) is 37.7. The van der Waals surface area contributed by atoms with Crippen LogP contribution in [0.15, 0.2) is 84.0 Å². The molecule has 2 aromatic rings. The molecule has 4 bridgehead atoms. The third-order valence-corrected chi connectivity index (χ3v) is 23.1. The second-order valence-corrected chi connectivity index (χ2v) is 29.7. The lowest BCUT2D eigenvalue weighted by atomic mass is 9.78. The number of hydrogen-bond acceptors (Lipinski definition) is 13. The molecule has 5 heterocycles. The maximum absolute atomic E-state index is 15.2. The van der Waals surface area contributed by atoms with Gasteiger partial charge in [-0.15, -0.1) is 0 Å². The minimum Gasteiger partial charge on any atom is -0.456 e. The molecule has 5 fully saturated rings. The van der Waals surface area contributed by atoms with E-state index in [1.54, 1.807) is 21.3 Å². The maximum atomic E-state index is 15.2. The van der Waals surface area contributed by atoms with Gasteiger partial charge < -0.3 is 52.3 Å². The van der Waals surface area contributed by atoms with Crippen LogP contribution in [0.1, 0.15) is 140 Å². The zero-order valence-electron chi connectivity index (χ0n) is 49.1. The van der Waals surface area contributed by atoms with Crippen molar-refractivity contribution in [3.63, 3.8) is 0 Å². The Hall–Kier alpha value is -3.61. The molecule has 5 aliphatic heterocycles. The third-order valence-electron chi connectivity index (χ3n) is 18.1. The van der Waals surface area contributed by atoms with E-state index in [2.05, 4.69) is 114 Å². The first-order chi connectivity index (χ1) is 37.0. The van der Waals surface area contributed by atoms with E-state index < -0.39 is 86.1 Å². The summed E-state index contributed by atoms with van der Waals surface area (Å²) < 4.78 is 60.3. The number of allylic oxidation sites excluding steroid dienone is 2. The number of aliphatic hydroxyl groups excluding tert-OH is 1. The second-order valence-electron chi connectivity index (χ2n) is 25.5. The van der Waals surface area contributed by atoms with E-state index in [1.807, 2.05) is 27.7 Å². The quantitative estimate of drug-likeness (QED) is 0.110. The molecule has 1 aliphatic carbocycles. The number of amides is 1. The van der Waals surface area contributed by atoms with Crippen LogP contribution in [0.3, 0.4) is 0 Å². The van der Waals surface area contributed by atoms with Gasteiger partial charge in [0, 0.05) is 46.1 Å². The molecule has 1 spiro atoms. The van der Waals surface area contributed by atoms with Gasteiger partial charge in [-0.3, -0.25) is 9.59 Å². The first-order valence-corrected chi connectivity index (χ1v) is 31.1. The lowest BCUT2D eigenvalue weighted by Crippen LogP contribution is -2.68. The number of Topliss-reactive ketones (excluding diaryl/α,β-unsaturated/α-hetero) is 1. The molecule has 4 saturated heterocycles. The number of nitrogens with zero attached hydrogens (tertiary/aromatic N) is 1. The number of rotatable bonds is 9. The minimum absolute atomic E-state index is 0.0496. The van der Waals surface area contributed by atoms with Gasteiger partial charge in [0.25, 0.3) is 14.2 Å². The summed E-state index contributed by atoms with van der Waals surface area (Å²) in [6.07, 6.45) is 5.93. The van der Waals surface area contributed by atoms with Crippen LogP contribution < -0.4 is 10.4 Å². The summed E-state index contributed by atoms with van der Waals surface area (Å²) in [5, 5.41) is 13.4. The van der Waals surface area contributed by atoms with Gasteiger partial charge in [0.2, 0.25) is 5.78 Å². The van der Waals surface area contributed by atoms with E-state index in [1.165, 1.54) is 15.3 Å². The number of carbonyl (C=O) groups excluding carboxylic acids is 3. The fraction of sp³-hybridized carbons (Fsp3) is 0.698. The first kappa shape index (κ1) is 60.5. The van der Waals surface area contributed by atoms with Crippen LogP contribution in [0.4, 0.5) is 0 Å². The van der Waals surface area contributed by atoms with Crippen LogP contribution >= 0.6 is 0 Å². The number of hydrogen-bond donors (Lipinski definition) is 1. The summed E-state index contributed by atoms with van der Waals surface area (Å²) in [5.41, 5.74) is 1.95. The molecule has 2 aromatic carbocycles. The zero-order valence-corrected chi connectivity index (χ0v) is 50.1. The first-order valence-electron chi connectivity index (χ1n) is 29.2. The van der Waals surface area contributed by atoms with Crippen molar-refractivity contribution in [3.8, 4) is 0 Å². The smallest absolute Gasteiger partial charge is 0.329 e. The molecule has 432 valence electrons. The highest BCUT2D eigenvalue weighted by Gasteiger charge is 2.57. The number of piperidine rings is 1. The fourth-order valence-corrected chi connectivity index (χ4v) is 19.0. The number of esters is 1. The van der Waals surface area contributed by atoms with Crippen molar-refractivity contribution in [1.82, 2.24) is 4.90 Å². The van der Waals surface area contributed by atoms with Crippen molar-refractivity contribution in [2.75, 3.05) is 34.5 Å². The molecule has 1 amide bonds. The number of aliphatic hydroxyl groups is 1. The Morgan fingerprint density at radius 3 is 2.09 bits per heavy atom. The Labute approximate surface area is 466 Å². The minimum atomic E-state index is -2.90. The molecule has 8 rings (SSSR count). The number of ketones is 1. The summed E-state index contributed by atoms with van der Waals surface area (Å²) in [6.45, 7) is 21.3. The molecule has 0 aromatic heterocycles.